The molecule has 0 aromatic rings. The molecule has 0 bridgehead atoms. The van der Waals surface area contributed by atoms with Gasteiger partial charge in [-0.25, -0.2) is 0 Å². The Morgan fingerprint density at radius 2 is 2.09 bits per heavy atom. The molecule has 66 valence electrons. The van der Waals surface area contributed by atoms with E-state index in [4.69, 9.17) is 4.74 Å². The highest BCUT2D eigenvalue weighted by Crippen LogP contribution is 2.03. The lowest BCUT2D eigenvalue weighted by atomic mass is 10.1. The molecule has 0 saturated heterocycles. The first-order valence-corrected chi connectivity index (χ1v) is 4.32. The summed E-state index contributed by atoms with van der Waals surface area (Å²) in [5.74, 6) is 0.615. The minimum absolute atomic E-state index is 0.0891. The fourth-order valence-electron chi connectivity index (χ4n) is 0.780. The van der Waals surface area contributed by atoms with E-state index in [0.717, 1.165) is 12.8 Å². The van der Waals surface area contributed by atoms with Gasteiger partial charge < -0.3 is 4.74 Å². The zero-order valence-corrected chi connectivity index (χ0v) is 7.72. The standard InChI is InChI=1S/C9H18O2/c1-4-9(10)11-7-5-6-8(2)3/h8H,4-7H2,1-3H3. The molecule has 0 spiro atoms. The Bertz CT molecular complexity index is 108. The van der Waals surface area contributed by atoms with Crippen molar-refractivity contribution >= 4 is 5.97 Å². The largest absolute Gasteiger partial charge is 0.466 e. The van der Waals surface area contributed by atoms with Crippen LogP contribution in [0.2, 0.25) is 0 Å². The van der Waals surface area contributed by atoms with E-state index < -0.39 is 0 Å². The van der Waals surface area contributed by atoms with Crippen LogP contribution in [0.5, 0.6) is 0 Å². The van der Waals surface area contributed by atoms with Crippen LogP contribution in [0.1, 0.15) is 40.0 Å². The molecule has 0 aliphatic rings. The summed E-state index contributed by atoms with van der Waals surface area (Å²) in [4.78, 5) is 10.6. The molecule has 0 aliphatic heterocycles. The highest BCUT2D eigenvalue weighted by Gasteiger charge is 1.98. The van der Waals surface area contributed by atoms with Crippen molar-refractivity contribution in [3.05, 3.63) is 0 Å². The molecular formula is C9H18O2. The maximum Gasteiger partial charge on any atom is 0.305 e. The van der Waals surface area contributed by atoms with Crippen LogP contribution in [0.4, 0.5) is 0 Å². The van der Waals surface area contributed by atoms with Crippen molar-refractivity contribution in [2.75, 3.05) is 6.61 Å². The summed E-state index contributed by atoms with van der Waals surface area (Å²) in [5, 5.41) is 0. The Morgan fingerprint density at radius 3 is 2.55 bits per heavy atom. The van der Waals surface area contributed by atoms with Gasteiger partial charge in [-0.3, -0.25) is 4.79 Å². The van der Waals surface area contributed by atoms with Gasteiger partial charge in [0.1, 0.15) is 0 Å². The normalized spacial score (nSPS) is 10.2. The zero-order valence-electron chi connectivity index (χ0n) is 7.72. The molecule has 0 radical (unpaired) electrons. The molecule has 0 fully saturated rings. The number of hydrogen-bond donors (Lipinski definition) is 0. The molecule has 0 amide bonds. The van der Waals surface area contributed by atoms with Crippen molar-refractivity contribution in [2.45, 2.75) is 40.0 Å². The van der Waals surface area contributed by atoms with Gasteiger partial charge in [0.15, 0.2) is 0 Å². The Morgan fingerprint density at radius 1 is 1.45 bits per heavy atom. The van der Waals surface area contributed by atoms with Crippen LogP contribution in [-0.2, 0) is 9.53 Å². The van der Waals surface area contributed by atoms with Crippen LogP contribution in [0.15, 0.2) is 0 Å². The molecule has 0 heterocycles. The molecule has 0 saturated carbocycles. The minimum atomic E-state index is -0.0891. The van der Waals surface area contributed by atoms with Gasteiger partial charge in [-0.15, -0.1) is 0 Å². The number of ether oxygens (including phenoxy) is 1. The van der Waals surface area contributed by atoms with Crippen LogP contribution in [-0.4, -0.2) is 12.6 Å². The Labute approximate surface area is 68.9 Å². The van der Waals surface area contributed by atoms with E-state index in [2.05, 4.69) is 13.8 Å². The van der Waals surface area contributed by atoms with Gasteiger partial charge in [0.25, 0.3) is 0 Å². The van der Waals surface area contributed by atoms with Crippen LogP contribution in [0, 0.1) is 5.92 Å². The van der Waals surface area contributed by atoms with E-state index in [1.807, 2.05) is 6.92 Å². The van der Waals surface area contributed by atoms with Crippen molar-refractivity contribution in [1.82, 2.24) is 0 Å². The Hall–Kier alpha value is -0.530. The van der Waals surface area contributed by atoms with Gasteiger partial charge in [-0.05, 0) is 18.8 Å². The van der Waals surface area contributed by atoms with E-state index in [9.17, 15) is 4.79 Å². The quantitative estimate of drug-likeness (QED) is 0.453. The third-order valence-corrected chi connectivity index (χ3v) is 1.48. The maximum atomic E-state index is 10.6. The third kappa shape index (κ3) is 7.37. The summed E-state index contributed by atoms with van der Waals surface area (Å²) >= 11 is 0. The van der Waals surface area contributed by atoms with E-state index in [0.29, 0.717) is 18.9 Å². The van der Waals surface area contributed by atoms with Crippen molar-refractivity contribution < 1.29 is 9.53 Å². The first-order chi connectivity index (χ1) is 5.16. The lowest BCUT2D eigenvalue weighted by Crippen LogP contribution is -2.04. The summed E-state index contributed by atoms with van der Waals surface area (Å²) in [6.07, 6.45) is 2.61. The molecule has 0 N–H and O–H groups in total. The van der Waals surface area contributed by atoms with Crippen molar-refractivity contribution in [3.8, 4) is 0 Å². The second-order valence-corrected chi connectivity index (χ2v) is 3.11. The summed E-state index contributed by atoms with van der Waals surface area (Å²) in [7, 11) is 0. The first-order valence-electron chi connectivity index (χ1n) is 4.32. The molecule has 0 rings (SSSR count). The summed E-state index contributed by atoms with van der Waals surface area (Å²) in [5.41, 5.74) is 0. The van der Waals surface area contributed by atoms with E-state index in [1.165, 1.54) is 0 Å². The molecule has 0 atom stereocenters. The van der Waals surface area contributed by atoms with Crippen LogP contribution in [0.25, 0.3) is 0 Å². The van der Waals surface area contributed by atoms with Crippen molar-refractivity contribution in [2.24, 2.45) is 5.92 Å². The van der Waals surface area contributed by atoms with Crippen molar-refractivity contribution in [1.29, 1.82) is 0 Å². The smallest absolute Gasteiger partial charge is 0.305 e. The second kappa shape index (κ2) is 6.20. The number of carbonyl (C=O) groups is 1. The predicted molar refractivity (Wildman–Crippen MR) is 45.3 cm³/mol. The first kappa shape index (κ1) is 10.5. The van der Waals surface area contributed by atoms with Gasteiger partial charge in [0.2, 0.25) is 0 Å². The Kier molecular flexibility index (Phi) is 5.90. The van der Waals surface area contributed by atoms with E-state index >= 15 is 0 Å². The molecule has 2 heteroatoms. The zero-order chi connectivity index (χ0) is 8.69. The van der Waals surface area contributed by atoms with Crippen molar-refractivity contribution in [3.63, 3.8) is 0 Å². The number of carbonyl (C=O) groups excluding carboxylic acids is 1. The van der Waals surface area contributed by atoms with Crippen LogP contribution in [0.3, 0.4) is 0 Å². The summed E-state index contributed by atoms with van der Waals surface area (Å²) < 4.78 is 4.90. The lowest BCUT2D eigenvalue weighted by Gasteiger charge is -2.04. The minimum Gasteiger partial charge on any atom is -0.466 e. The van der Waals surface area contributed by atoms with Gasteiger partial charge in [-0.1, -0.05) is 20.8 Å². The molecule has 0 aliphatic carbocycles. The molecule has 0 aromatic heterocycles. The molecule has 11 heavy (non-hydrogen) atoms. The number of hydrogen-bond acceptors (Lipinski definition) is 2. The molecule has 0 unspecified atom stereocenters. The average molecular weight is 158 g/mol. The van der Waals surface area contributed by atoms with E-state index in [1.54, 1.807) is 0 Å². The predicted octanol–water partition coefficient (Wildman–Crippen LogP) is 2.38. The highest BCUT2D eigenvalue weighted by molar-refractivity contribution is 5.68. The van der Waals surface area contributed by atoms with Gasteiger partial charge in [0, 0.05) is 6.42 Å². The molecule has 2 nitrogen and oxygen atoms in total. The van der Waals surface area contributed by atoms with Gasteiger partial charge in [-0.2, -0.15) is 0 Å². The topological polar surface area (TPSA) is 26.3 Å². The fourth-order valence-corrected chi connectivity index (χ4v) is 0.780. The third-order valence-electron chi connectivity index (χ3n) is 1.48. The van der Waals surface area contributed by atoms with Crippen LogP contribution >= 0.6 is 0 Å². The summed E-state index contributed by atoms with van der Waals surface area (Å²) in [6, 6.07) is 0. The highest BCUT2D eigenvalue weighted by atomic mass is 16.5. The molecular weight excluding hydrogens is 140 g/mol. The fraction of sp³-hybridized carbons (Fsp3) is 0.889. The van der Waals surface area contributed by atoms with E-state index in [-0.39, 0.29) is 5.97 Å². The van der Waals surface area contributed by atoms with Crippen LogP contribution < -0.4 is 0 Å². The average Bonchev–Trinajstić information content (AvgIpc) is 1.97. The number of esters is 1. The number of rotatable bonds is 5. The molecule has 0 aromatic carbocycles. The second-order valence-electron chi connectivity index (χ2n) is 3.11. The lowest BCUT2D eigenvalue weighted by molar-refractivity contribution is -0.143. The van der Waals surface area contributed by atoms with Gasteiger partial charge in [0.05, 0.1) is 6.61 Å². The summed E-state index contributed by atoms with van der Waals surface area (Å²) in [6.45, 7) is 6.74. The SMILES string of the molecule is CCC(=O)OCCCC(C)C. The Balaban J connectivity index is 3.08. The maximum absolute atomic E-state index is 10.6. The van der Waals surface area contributed by atoms with Gasteiger partial charge >= 0.3 is 5.97 Å². The monoisotopic (exact) mass is 158 g/mol.